The van der Waals surface area contributed by atoms with Crippen LogP contribution in [0.5, 0.6) is 0 Å². The predicted molar refractivity (Wildman–Crippen MR) is 35.1 cm³/mol. The molecule has 0 radical (unpaired) electrons. The van der Waals surface area contributed by atoms with Gasteiger partial charge in [-0.3, -0.25) is 0 Å². The van der Waals surface area contributed by atoms with Crippen molar-refractivity contribution in [3.8, 4) is 0 Å². The molecule has 54 valence electrons. The molecule has 2 heteroatoms. The van der Waals surface area contributed by atoms with Crippen LogP contribution in [0.25, 0.3) is 0 Å². The fourth-order valence-corrected chi connectivity index (χ4v) is 1.34. The van der Waals surface area contributed by atoms with E-state index >= 15 is 0 Å². The molecule has 1 aliphatic carbocycles. The molecule has 0 heterocycles. The third-order valence-electron chi connectivity index (χ3n) is 2.55. The molecule has 2 nitrogen and oxygen atoms in total. The Kier molecular flexibility index (Phi) is 1.78. The quantitative estimate of drug-likeness (QED) is 0.572. The zero-order valence-corrected chi connectivity index (χ0v) is 5.80. The van der Waals surface area contributed by atoms with Crippen LogP contribution in [0, 0.1) is 5.41 Å². The third-order valence-corrected chi connectivity index (χ3v) is 2.55. The molecule has 0 spiro atoms. The fourth-order valence-electron chi connectivity index (χ4n) is 1.34. The Labute approximate surface area is 55.5 Å². The van der Waals surface area contributed by atoms with Crippen molar-refractivity contribution in [2.45, 2.75) is 32.3 Å². The molecule has 1 saturated carbocycles. The molecular weight excluding hydrogens is 116 g/mol. The minimum absolute atomic E-state index is 0.125. The zero-order chi connectivity index (χ0) is 6.91. The van der Waals surface area contributed by atoms with E-state index in [-0.39, 0.29) is 18.1 Å². The van der Waals surface area contributed by atoms with E-state index in [1.807, 2.05) is 0 Å². The minimum Gasteiger partial charge on any atom is -0.396 e. The molecule has 1 aliphatic rings. The van der Waals surface area contributed by atoms with E-state index in [0.29, 0.717) is 0 Å². The summed E-state index contributed by atoms with van der Waals surface area (Å²) in [6, 6.07) is 0. The van der Waals surface area contributed by atoms with Gasteiger partial charge in [-0.2, -0.15) is 0 Å². The largest absolute Gasteiger partial charge is 0.396 e. The van der Waals surface area contributed by atoms with Crippen molar-refractivity contribution in [3.63, 3.8) is 0 Å². The molecule has 0 aromatic carbocycles. The topological polar surface area (TPSA) is 40.5 Å². The first-order valence-electron chi connectivity index (χ1n) is 3.50. The minimum atomic E-state index is -0.337. The van der Waals surface area contributed by atoms with Crippen molar-refractivity contribution in [2.75, 3.05) is 6.61 Å². The number of rotatable bonds is 2. The van der Waals surface area contributed by atoms with E-state index in [4.69, 9.17) is 10.2 Å². The van der Waals surface area contributed by atoms with Gasteiger partial charge in [0, 0.05) is 5.41 Å². The van der Waals surface area contributed by atoms with Crippen LogP contribution >= 0.6 is 0 Å². The van der Waals surface area contributed by atoms with Crippen LogP contribution in [0.15, 0.2) is 0 Å². The monoisotopic (exact) mass is 130 g/mol. The molecule has 1 fully saturated rings. The van der Waals surface area contributed by atoms with Crippen molar-refractivity contribution >= 4 is 0 Å². The highest BCUT2D eigenvalue weighted by atomic mass is 16.3. The zero-order valence-electron chi connectivity index (χ0n) is 5.80. The summed E-state index contributed by atoms with van der Waals surface area (Å²) in [4.78, 5) is 0. The molecule has 0 bridgehead atoms. The lowest BCUT2D eigenvalue weighted by Crippen LogP contribution is -2.42. The van der Waals surface area contributed by atoms with Gasteiger partial charge < -0.3 is 10.2 Å². The van der Waals surface area contributed by atoms with E-state index in [1.165, 1.54) is 0 Å². The fraction of sp³-hybridized carbons (Fsp3) is 1.00. The van der Waals surface area contributed by atoms with Gasteiger partial charge >= 0.3 is 0 Å². The van der Waals surface area contributed by atoms with Gasteiger partial charge in [-0.25, -0.2) is 0 Å². The van der Waals surface area contributed by atoms with E-state index in [0.717, 1.165) is 19.3 Å². The molecular formula is C7H14O2. The molecule has 0 aliphatic heterocycles. The first kappa shape index (κ1) is 7.03. The summed E-state index contributed by atoms with van der Waals surface area (Å²) in [5.74, 6) is 0. The average Bonchev–Trinajstić information content (AvgIpc) is 1.62. The second-order valence-electron chi connectivity index (χ2n) is 3.05. The van der Waals surface area contributed by atoms with Crippen molar-refractivity contribution in [3.05, 3.63) is 0 Å². The lowest BCUT2D eigenvalue weighted by molar-refractivity contribution is -0.0615. The summed E-state index contributed by atoms with van der Waals surface area (Å²) in [7, 11) is 0. The van der Waals surface area contributed by atoms with Crippen molar-refractivity contribution in [1.29, 1.82) is 0 Å². The Morgan fingerprint density at radius 3 is 2.11 bits per heavy atom. The van der Waals surface area contributed by atoms with E-state index in [1.54, 1.807) is 6.92 Å². The normalized spacial score (nSPS) is 27.0. The molecule has 1 rings (SSSR count). The molecule has 9 heavy (non-hydrogen) atoms. The Balaban J connectivity index is 2.46. The number of aliphatic hydroxyl groups excluding tert-OH is 2. The second-order valence-corrected chi connectivity index (χ2v) is 3.05. The Bertz CT molecular complexity index is 89.6. The van der Waals surface area contributed by atoms with E-state index in [9.17, 15) is 0 Å². The molecule has 1 atom stereocenters. The molecule has 2 N–H and O–H groups in total. The smallest absolute Gasteiger partial charge is 0.0590 e. The van der Waals surface area contributed by atoms with E-state index in [2.05, 4.69) is 0 Å². The van der Waals surface area contributed by atoms with E-state index < -0.39 is 0 Å². The highest BCUT2D eigenvalue weighted by Gasteiger charge is 2.40. The predicted octanol–water partition coefficient (Wildman–Crippen LogP) is 0.530. The van der Waals surface area contributed by atoms with Gasteiger partial charge in [-0.1, -0.05) is 6.42 Å². The van der Waals surface area contributed by atoms with Crippen LogP contribution in [0.3, 0.4) is 0 Å². The van der Waals surface area contributed by atoms with Crippen molar-refractivity contribution < 1.29 is 10.2 Å². The first-order valence-corrected chi connectivity index (χ1v) is 3.50. The SMILES string of the molecule is C[C@H](O)C1(CO)CCC1. The molecule has 0 saturated heterocycles. The lowest BCUT2D eigenvalue weighted by atomic mass is 9.66. The van der Waals surface area contributed by atoms with Gasteiger partial charge in [0.25, 0.3) is 0 Å². The van der Waals surface area contributed by atoms with Crippen LogP contribution in [0.4, 0.5) is 0 Å². The van der Waals surface area contributed by atoms with Gasteiger partial charge in [0.15, 0.2) is 0 Å². The maximum atomic E-state index is 9.16. The molecule has 0 unspecified atom stereocenters. The summed E-state index contributed by atoms with van der Waals surface area (Å²) >= 11 is 0. The molecule has 0 aromatic rings. The summed E-state index contributed by atoms with van der Waals surface area (Å²) in [5, 5.41) is 18.0. The van der Waals surface area contributed by atoms with Crippen molar-refractivity contribution in [2.24, 2.45) is 5.41 Å². The Morgan fingerprint density at radius 1 is 1.56 bits per heavy atom. The van der Waals surface area contributed by atoms with Crippen LogP contribution in [0.1, 0.15) is 26.2 Å². The van der Waals surface area contributed by atoms with Crippen LogP contribution < -0.4 is 0 Å². The first-order chi connectivity index (χ1) is 4.21. The summed E-state index contributed by atoms with van der Waals surface area (Å²) in [5.41, 5.74) is -0.125. The Morgan fingerprint density at radius 2 is 2.11 bits per heavy atom. The lowest BCUT2D eigenvalue weighted by Gasteiger charge is -2.42. The highest BCUT2D eigenvalue weighted by Crippen LogP contribution is 2.43. The van der Waals surface area contributed by atoms with Crippen molar-refractivity contribution in [1.82, 2.24) is 0 Å². The molecule has 0 aromatic heterocycles. The summed E-state index contributed by atoms with van der Waals surface area (Å²) in [6.07, 6.45) is 2.80. The van der Waals surface area contributed by atoms with Gasteiger partial charge in [-0.05, 0) is 19.8 Å². The average molecular weight is 130 g/mol. The van der Waals surface area contributed by atoms with Crippen LogP contribution in [-0.4, -0.2) is 22.9 Å². The van der Waals surface area contributed by atoms with Crippen LogP contribution in [-0.2, 0) is 0 Å². The third kappa shape index (κ3) is 0.970. The van der Waals surface area contributed by atoms with Gasteiger partial charge in [0.2, 0.25) is 0 Å². The Hall–Kier alpha value is -0.0800. The standard InChI is InChI=1S/C7H14O2/c1-6(9)7(5-8)3-2-4-7/h6,8-9H,2-5H2,1H3/t6-/m0/s1. The number of aliphatic hydroxyl groups is 2. The van der Waals surface area contributed by atoms with Gasteiger partial charge in [-0.15, -0.1) is 0 Å². The molecule has 0 amide bonds. The second kappa shape index (κ2) is 2.27. The van der Waals surface area contributed by atoms with Crippen LogP contribution in [0.2, 0.25) is 0 Å². The summed E-state index contributed by atoms with van der Waals surface area (Å²) < 4.78 is 0. The summed E-state index contributed by atoms with van der Waals surface area (Å²) in [6.45, 7) is 1.90. The van der Waals surface area contributed by atoms with Gasteiger partial charge in [0.05, 0.1) is 12.7 Å². The highest BCUT2D eigenvalue weighted by molar-refractivity contribution is 4.90. The maximum Gasteiger partial charge on any atom is 0.0590 e. The number of hydrogen-bond acceptors (Lipinski definition) is 2. The van der Waals surface area contributed by atoms with Gasteiger partial charge in [0.1, 0.15) is 0 Å². The maximum absolute atomic E-state index is 9.16. The number of hydrogen-bond donors (Lipinski definition) is 2.